The van der Waals surface area contributed by atoms with E-state index in [2.05, 4.69) is 24.9 Å². The Bertz CT molecular complexity index is 875. The number of alkyl halides is 3. The van der Waals surface area contributed by atoms with E-state index in [4.69, 9.17) is 9.26 Å². The Hall–Kier alpha value is -2.74. The van der Waals surface area contributed by atoms with Gasteiger partial charge in [-0.25, -0.2) is 0 Å². The molecule has 1 saturated heterocycles. The molecule has 10 nitrogen and oxygen atoms in total. The Labute approximate surface area is 173 Å². The van der Waals surface area contributed by atoms with Crippen molar-refractivity contribution in [1.82, 2.24) is 15.5 Å². The maximum absolute atomic E-state index is 12.2. The monoisotopic (exact) mass is 447 g/mol. The van der Waals surface area contributed by atoms with Crippen LogP contribution >= 0.6 is 0 Å². The molecule has 1 aromatic heterocycles. The normalized spacial score (nSPS) is 23.7. The minimum Gasteiger partial charge on any atom is -0.406 e. The summed E-state index contributed by atoms with van der Waals surface area (Å²) in [6.45, 7) is -0.179. The van der Waals surface area contributed by atoms with E-state index >= 15 is 0 Å². The summed E-state index contributed by atoms with van der Waals surface area (Å²) >= 11 is 0. The van der Waals surface area contributed by atoms with Crippen molar-refractivity contribution in [2.45, 2.75) is 37.2 Å². The highest BCUT2D eigenvalue weighted by Crippen LogP contribution is 2.27. The lowest BCUT2D eigenvalue weighted by atomic mass is 10.1. The van der Waals surface area contributed by atoms with Gasteiger partial charge in [-0.1, -0.05) is 5.16 Å². The average Bonchev–Trinajstić information content (AvgIpc) is 3.27. The molecule has 0 saturated carbocycles. The van der Waals surface area contributed by atoms with Crippen LogP contribution in [0, 0.1) is 0 Å². The first-order chi connectivity index (χ1) is 14.7. The number of aromatic nitrogens is 2. The van der Waals surface area contributed by atoms with Crippen LogP contribution in [0.1, 0.15) is 5.89 Å². The van der Waals surface area contributed by atoms with Crippen LogP contribution in [-0.2, 0) is 20.7 Å². The maximum Gasteiger partial charge on any atom is 0.573 e. The molecule has 0 spiro atoms. The first kappa shape index (κ1) is 22.9. The van der Waals surface area contributed by atoms with E-state index < -0.39 is 36.7 Å². The zero-order chi connectivity index (χ0) is 22.6. The molecule has 2 heterocycles. The number of rotatable bonds is 8. The van der Waals surface area contributed by atoms with Crippen molar-refractivity contribution < 1.29 is 46.9 Å². The minimum absolute atomic E-state index is 0.0248. The van der Waals surface area contributed by atoms with E-state index in [-0.39, 0.29) is 37.0 Å². The van der Waals surface area contributed by atoms with Crippen molar-refractivity contribution in [2.75, 3.05) is 20.3 Å². The number of aliphatic hydroxyl groups is 2. The third kappa shape index (κ3) is 6.13. The van der Waals surface area contributed by atoms with Gasteiger partial charge in [0.25, 0.3) is 0 Å². The van der Waals surface area contributed by atoms with Crippen molar-refractivity contribution in [3.63, 3.8) is 0 Å². The number of carbonyl (C=O) groups excluding carboxylic acids is 1. The van der Waals surface area contributed by atoms with Gasteiger partial charge in [-0.15, -0.1) is 13.2 Å². The third-order valence-electron chi connectivity index (χ3n) is 4.43. The van der Waals surface area contributed by atoms with E-state index in [9.17, 15) is 28.2 Å². The summed E-state index contributed by atoms with van der Waals surface area (Å²) in [6, 6.07) is 4.89. The number of hydrogen-bond acceptors (Lipinski definition) is 9. The van der Waals surface area contributed by atoms with Gasteiger partial charge in [-0.05, 0) is 24.3 Å². The Morgan fingerprint density at radius 1 is 1.19 bits per heavy atom. The largest absolute Gasteiger partial charge is 0.573 e. The number of ether oxygens (including phenoxy) is 3. The van der Waals surface area contributed by atoms with Crippen LogP contribution in [0.5, 0.6) is 5.75 Å². The Kier molecular flexibility index (Phi) is 7.10. The molecular weight excluding hydrogens is 427 g/mol. The molecule has 1 amide bonds. The number of benzene rings is 1. The van der Waals surface area contributed by atoms with Crippen LogP contribution in [0.25, 0.3) is 11.4 Å². The average molecular weight is 447 g/mol. The van der Waals surface area contributed by atoms with Crippen LogP contribution in [0.2, 0.25) is 0 Å². The van der Waals surface area contributed by atoms with Gasteiger partial charge in [0, 0.05) is 19.2 Å². The molecule has 13 heteroatoms. The number of amides is 1. The quantitative estimate of drug-likeness (QED) is 0.526. The van der Waals surface area contributed by atoms with Crippen LogP contribution < -0.4 is 10.1 Å². The zero-order valence-electron chi connectivity index (χ0n) is 16.2. The van der Waals surface area contributed by atoms with E-state index in [1.54, 1.807) is 0 Å². The number of nitrogens with one attached hydrogen (secondary N) is 1. The molecule has 1 fully saturated rings. The lowest BCUT2D eigenvalue weighted by Gasteiger charge is -2.15. The fourth-order valence-corrected chi connectivity index (χ4v) is 2.99. The molecule has 2 aromatic rings. The minimum atomic E-state index is -4.79. The highest BCUT2D eigenvalue weighted by Gasteiger charge is 2.43. The second-order valence-corrected chi connectivity index (χ2v) is 6.72. The number of nitrogens with zero attached hydrogens (tertiary/aromatic N) is 2. The van der Waals surface area contributed by atoms with E-state index in [0.717, 1.165) is 12.1 Å². The number of carbonyl (C=O) groups is 1. The van der Waals surface area contributed by atoms with Gasteiger partial charge in [-0.2, -0.15) is 4.98 Å². The van der Waals surface area contributed by atoms with Gasteiger partial charge in [0.1, 0.15) is 30.7 Å². The predicted molar refractivity (Wildman–Crippen MR) is 95.7 cm³/mol. The van der Waals surface area contributed by atoms with Gasteiger partial charge in [0.2, 0.25) is 17.6 Å². The molecule has 31 heavy (non-hydrogen) atoms. The van der Waals surface area contributed by atoms with Crippen LogP contribution in [0.15, 0.2) is 28.8 Å². The van der Waals surface area contributed by atoms with E-state index in [1.165, 1.54) is 19.2 Å². The zero-order valence-corrected chi connectivity index (χ0v) is 16.2. The van der Waals surface area contributed by atoms with Gasteiger partial charge >= 0.3 is 6.36 Å². The molecule has 0 unspecified atom stereocenters. The fraction of sp³-hybridized carbons (Fsp3) is 0.500. The van der Waals surface area contributed by atoms with Crippen LogP contribution in [0.4, 0.5) is 13.2 Å². The highest BCUT2D eigenvalue weighted by atomic mass is 19.4. The molecule has 0 radical (unpaired) electrons. The summed E-state index contributed by atoms with van der Waals surface area (Å²) in [7, 11) is 1.36. The maximum atomic E-state index is 12.2. The van der Waals surface area contributed by atoms with Gasteiger partial charge in [0.15, 0.2) is 0 Å². The number of aliphatic hydroxyl groups excluding tert-OH is 2. The van der Waals surface area contributed by atoms with Gasteiger partial charge < -0.3 is 34.3 Å². The fourth-order valence-electron chi connectivity index (χ4n) is 2.99. The molecule has 3 N–H and O–H groups in total. The number of hydrogen-bond donors (Lipinski definition) is 3. The van der Waals surface area contributed by atoms with E-state index in [0.29, 0.717) is 5.56 Å². The van der Waals surface area contributed by atoms with Gasteiger partial charge in [0.05, 0.1) is 12.5 Å². The molecule has 3 rings (SSSR count). The summed E-state index contributed by atoms with van der Waals surface area (Å²) < 4.78 is 55.9. The number of halogens is 3. The standard InChI is InChI=1S/C18H20F3N3O7/c1-28-8-13(25)22-7-12-16(27)15(26)11(29-12)6-14-23-17(24-31-14)9-2-4-10(5-3-9)30-18(19,20)21/h2-5,11-12,15-16,26-27H,6-8H2,1H3,(H,22,25)/t11-,12+,15-,16+/m0/s1. The lowest BCUT2D eigenvalue weighted by molar-refractivity contribution is -0.274. The molecular formula is C18H20F3N3O7. The van der Waals surface area contributed by atoms with Crippen molar-refractivity contribution in [3.8, 4) is 17.1 Å². The summed E-state index contributed by atoms with van der Waals surface area (Å²) in [5.74, 6) is -0.583. The highest BCUT2D eigenvalue weighted by molar-refractivity contribution is 5.77. The summed E-state index contributed by atoms with van der Waals surface area (Å²) in [5.41, 5.74) is 0.385. The molecule has 0 bridgehead atoms. The molecule has 170 valence electrons. The summed E-state index contributed by atoms with van der Waals surface area (Å²) in [5, 5.41) is 26.6. The first-order valence-electron chi connectivity index (χ1n) is 9.12. The number of methoxy groups -OCH3 is 1. The SMILES string of the molecule is COCC(=O)NC[C@H]1O[C@@H](Cc2nc(-c3ccc(OC(F)(F)F)cc3)no2)[C@H](O)[C@@H]1O. The van der Waals surface area contributed by atoms with Crippen molar-refractivity contribution >= 4 is 5.91 Å². The Morgan fingerprint density at radius 2 is 1.87 bits per heavy atom. The molecule has 1 aromatic carbocycles. The summed E-state index contributed by atoms with van der Waals surface area (Å²) in [4.78, 5) is 15.6. The third-order valence-corrected chi connectivity index (χ3v) is 4.43. The van der Waals surface area contributed by atoms with Crippen molar-refractivity contribution in [2.24, 2.45) is 0 Å². The van der Waals surface area contributed by atoms with Gasteiger partial charge in [-0.3, -0.25) is 4.79 Å². The van der Waals surface area contributed by atoms with E-state index in [1.807, 2.05) is 0 Å². The Morgan fingerprint density at radius 3 is 2.52 bits per heavy atom. The van der Waals surface area contributed by atoms with Crippen LogP contribution in [-0.4, -0.2) is 77.3 Å². The molecule has 4 atom stereocenters. The smallest absolute Gasteiger partial charge is 0.406 e. The topological polar surface area (TPSA) is 136 Å². The van der Waals surface area contributed by atoms with Crippen LogP contribution in [0.3, 0.4) is 0 Å². The Balaban J connectivity index is 1.58. The first-order valence-corrected chi connectivity index (χ1v) is 9.12. The molecule has 1 aliphatic heterocycles. The molecule has 1 aliphatic rings. The lowest BCUT2D eigenvalue weighted by Crippen LogP contribution is -2.40. The van der Waals surface area contributed by atoms with Crippen molar-refractivity contribution in [3.05, 3.63) is 30.2 Å². The van der Waals surface area contributed by atoms with Crippen molar-refractivity contribution in [1.29, 1.82) is 0 Å². The predicted octanol–water partition coefficient (Wildman–Crippen LogP) is 0.429. The molecule has 0 aliphatic carbocycles. The second-order valence-electron chi connectivity index (χ2n) is 6.72. The second kappa shape index (κ2) is 9.60. The summed E-state index contributed by atoms with van der Waals surface area (Å²) in [6.07, 6.45) is -9.02.